The van der Waals surface area contributed by atoms with Crippen molar-refractivity contribution in [2.45, 2.75) is 26.3 Å². The summed E-state index contributed by atoms with van der Waals surface area (Å²) in [6, 6.07) is 15.6. The molecule has 6 nitrogen and oxygen atoms in total. The Hall–Kier alpha value is -3.19. The Morgan fingerprint density at radius 1 is 1.07 bits per heavy atom. The van der Waals surface area contributed by atoms with Crippen LogP contribution in [0.15, 0.2) is 64.5 Å². The van der Waals surface area contributed by atoms with Gasteiger partial charge in [0.15, 0.2) is 5.17 Å². The number of carbonyl (C=O) groups is 2. The van der Waals surface area contributed by atoms with E-state index in [0.29, 0.717) is 5.17 Å². The van der Waals surface area contributed by atoms with E-state index in [2.05, 4.69) is 0 Å². The van der Waals surface area contributed by atoms with Gasteiger partial charge >= 0.3 is 5.97 Å². The number of amides is 1. The molecule has 0 saturated carbocycles. The number of aliphatic imine (C=N–C) groups is 1. The summed E-state index contributed by atoms with van der Waals surface area (Å²) in [7, 11) is 1.29. The summed E-state index contributed by atoms with van der Waals surface area (Å²) in [5.41, 5.74) is 1.89. The van der Waals surface area contributed by atoms with Crippen LogP contribution in [-0.2, 0) is 14.3 Å². The van der Waals surface area contributed by atoms with Gasteiger partial charge in [0.25, 0.3) is 5.91 Å². The van der Waals surface area contributed by atoms with Crippen molar-refractivity contribution in [1.82, 2.24) is 9.88 Å². The highest BCUT2D eigenvalue weighted by molar-refractivity contribution is 8.18. The number of methoxy groups -OCH3 is 1. The minimum atomic E-state index is -0.569. The first-order chi connectivity index (χ1) is 14.3. The van der Waals surface area contributed by atoms with Crippen molar-refractivity contribution in [2.75, 3.05) is 7.11 Å². The number of hydrogen-bond acceptors (Lipinski definition) is 6. The zero-order valence-corrected chi connectivity index (χ0v) is 18.0. The first kappa shape index (κ1) is 20.1. The summed E-state index contributed by atoms with van der Waals surface area (Å²) in [5.74, 6) is -0.833. The van der Waals surface area contributed by atoms with Crippen LogP contribution in [0.2, 0.25) is 0 Å². The van der Waals surface area contributed by atoms with Gasteiger partial charge in [0.2, 0.25) is 0 Å². The van der Waals surface area contributed by atoms with Crippen molar-refractivity contribution in [1.29, 1.82) is 0 Å². The molecule has 0 radical (unpaired) electrons. The molecule has 7 heteroatoms. The van der Waals surface area contributed by atoms with Crippen molar-refractivity contribution < 1.29 is 14.3 Å². The number of ether oxygens (including phenoxy) is 1. The van der Waals surface area contributed by atoms with E-state index in [-0.39, 0.29) is 10.8 Å². The van der Waals surface area contributed by atoms with Crippen molar-refractivity contribution in [3.8, 4) is 0 Å². The van der Waals surface area contributed by atoms with Crippen molar-refractivity contribution in [3.05, 3.63) is 59.5 Å². The van der Waals surface area contributed by atoms with Crippen LogP contribution in [0, 0.1) is 0 Å². The minimum Gasteiger partial charge on any atom is -0.466 e. The summed E-state index contributed by atoms with van der Waals surface area (Å²) < 4.78 is 4.70. The average Bonchev–Trinajstić information content (AvgIpc) is 3.02. The number of esters is 1. The highest BCUT2D eigenvalue weighted by atomic mass is 32.2. The molecule has 1 aliphatic rings. The molecular weight excluding hydrogens is 398 g/mol. The van der Waals surface area contributed by atoms with E-state index in [9.17, 15) is 9.59 Å². The molecule has 0 N–H and O–H groups in total. The number of benzene rings is 2. The fourth-order valence-corrected chi connectivity index (χ4v) is 4.46. The molecule has 4 rings (SSSR count). The zero-order valence-electron chi connectivity index (χ0n) is 17.2. The number of fused-ring (bicyclic) bond motifs is 2. The Labute approximate surface area is 178 Å². The molecule has 2 aromatic carbocycles. The number of pyridine rings is 1. The molecule has 1 saturated heterocycles. The number of para-hydroxylation sites is 2. The lowest BCUT2D eigenvalue weighted by Crippen LogP contribution is -2.44. The molecule has 1 aliphatic heterocycles. The maximum atomic E-state index is 13.1. The maximum Gasteiger partial charge on any atom is 0.331 e. The first-order valence-corrected chi connectivity index (χ1v) is 10.3. The SMILES string of the molecule is COC(=O)/C=C1\SC(=Nc2c3ccccc3nc3ccccc23)N(C(C)(C)C)C1=O. The number of hydrogen-bond donors (Lipinski definition) is 0. The summed E-state index contributed by atoms with van der Waals surface area (Å²) in [5, 5.41) is 2.32. The number of carbonyl (C=O) groups excluding carboxylic acids is 2. The van der Waals surface area contributed by atoms with Gasteiger partial charge in [-0.25, -0.2) is 14.8 Å². The second-order valence-corrected chi connectivity index (χ2v) is 8.84. The average molecular weight is 420 g/mol. The monoisotopic (exact) mass is 419 g/mol. The highest BCUT2D eigenvalue weighted by Crippen LogP contribution is 2.40. The van der Waals surface area contributed by atoms with Crippen LogP contribution in [0.1, 0.15) is 20.8 Å². The second-order valence-electron chi connectivity index (χ2n) is 7.83. The predicted molar refractivity (Wildman–Crippen MR) is 121 cm³/mol. The molecule has 0 unspecified atom stereocenters. The standard InChI is InChI=1S/C23H21N3O3S/c1-23(2,3)26-21(28)18(13-19(27)29-4)30-22(26)25-20-14-9-5-7-11-16(14)24-17-12-8-6-10-15(17)20/h5-13H,1-4H3/b18-13-,25-22?. The van der Waals surface area contributed by atoms with Gasteiger partial charge in [-0.1, -0.05) is 36.4 Å². The quantitative estimate of drug-likeness (QED) is 0.339. The van der Waals surface area contributed by atoms with E-state index in [1.807, 2.05) is 69.3 Å². The second kappa shape index (κ2) is 7.57. The zero-order chi connectivity index (χ0) is 21.5. The van der Waals surface area contributed by atoms with Gasteiger partial charge in [-0.05, 0) is 44.7 Å². The van der Waals surface area contributed by atoms with E-state index in [4.69, 9.17) is 14.7 Å². The van der Waals surface area contributed by atoms with Gasteiger partial charge in [-0.2, -0.15) is 0 Å². The van der Waals surface area contributed by atoms with Gasteiger partial charge in [-0.15, -0.1) is 0 Å². The summed E-state index contributed by atoms with van der Waals surface area (Å²) in [4.78, 5) is 36.4. The fraction of sp³-hybridized carbons (Fsp3) is 0.217. The topological polar surface area (TPSA) is 71.9 Å². The molecule has 3 aromatic rings. The van der Waals surface area contributed by atoms with Crippen molar-refractivity contribution in [3.63, 3.8) is 0 Å². The maximum absolute atomic E-state index is 13.1. The first-order valence-electron chi connectivity index (χ1n) is 9.48. The normalized spacial score (nSPS) is 17.5. The van der Waals surface area contributed by atoms with Gasteiger partial charge < -0.3 is 4.74 Å². The van der Waals surface area contributed by atoms with Crippen molar-refractivity contribution in [2.24, 2.45) is 4.99 Å². The Kier molecular flexibility index (Phi) is 5.07. The highest BCUT2D eigenvalue weighted by Gasteiger charge is 2.41. The molecule has 152 valence electrons. The summed E-state index contributed by atoms with van der Waals surface area (Å²) in [6.45, 7) is 5.81. The Morgan fingerprint density at radius 3 is 2.17 bits per heavy atom. The van der Waals surface area contributed by atoms with Gasteiger partial charge in [0.05, 0.1) is 28.7 Å². The number of nitrogens with zero attached hydrogens (tertiary/aromatic N) is 3. The molecule has 30 heavy (non-hydrogen) atoms. The fourth-order valence-electron chi connectivity index (χ4n) is 3.34. The lowest BCUT2D eigenvalue weighted by Gasteiger charge is -2.30. The summed E-state index contributed by atoms with van der Waals surface area (Å²) in [6.07, 6.45) is 1.22. The largest absolute Gasteiger partial charge is 0.466 e. The minimum absolute atomic E-state index is 0.265. The molecule has 0 aliphatic carbocycles. The lowest BCUT2D eigenvalue weighted by molar-refractivity contribution is -0.135. The van der Waals surface area contributed by atoms with E-state index in [1.54, 1.807) is 4.90 Å². The van der Waals surface area contributed by atoms with Crippen LogP contribution in [0.25, 0.3) is 21.8 Å². The Balaban J connectivity index is 1.97. The van der Waals surface area contributed by atoms with Crippen LogP contribution >= 0.6 is 11.8 Å². The van der Waals surface area contributed by atoms with E-state index in [0.717, 1.165) is 27.5 Å². The lowest BCUT2D eigenvalue weighted by atomic mass is 10.1. The third-order valence-corrected chi connectivity index (χ3v) is 5.66. The van der Waals surface area contributed by atoms with Crippen LogP contribution in [0.5, 0.6) is 0 Å². The van der Waals surface area contributed by atoms with Gasteiger partial charge in [0, 0.05) is 22.4 Å². The van der Waals surface area contributed by atoms with Crippen LogP contribution < -0.4 is 0 Å². The molecule has 1 amide bonds. The smallest absolute Gasteiger partial charge is 0.331 e. The molecule has 0 bridgehead atoms. The number of aromatic nitrogens is 1. The number of rotatable bonds is 2. The van der Waals surface area contributed by atoms with E-state index in [1.165, 1.54) is 24.9 Å². The summed E-state index contributed by atoms with van der Waals surface area (Å²) >= 11 is 1.18. The van der Waals surface area contributed by atoms with Crippen LogP contribution in [0.3, 0.4) is 0 Å². The third-order valence-electron chi connectivity index (χ3n) is 4.69. The Morgan fingerprint density at radius 2 is 1.63 bits per heavy atom. The predicted octanol–water partition coefficient (Wildman–Crippen LogP) is 4.81. The van der Waals surface area contributed by atoms with Crippen molar-refractivity contribution >= 4 is 56.3 Å². The molecule has 0 atom stereocenters. The molecular formula is C23H21N3O3S. The van der Waals surface area contributed by atoms with Gasteiger partial charge in [0.1, 0.15) is 0 Å². The number of thioether (sulfide) groups is 1. The van der Waals surface area contributed by atoms with E-state index >= 15 is 0 Å². The van der Waals surface area contributed by atoms with E-state index < -0.39 is 11.5 Å². The van der Waals surface area contributed by atoms with Gasteiger partial charge in [-0.3, -0.25) is 9.69 Å². The molecule has 0 spiro atoms. The molecule has 1 aromatic heterocycles. The van der Waals surface area contributed by atoms with Crippen LogP contribution in [-0.4, -0.2) is 39.6 Å². The third kappa shape index (κ3) is 3.57. The molecule has 1 fully saturated rings. The number of amidine groups is 1. The van der Waals surface area contributed by atoms with Crippen LogP contribution in [0.4, 0.5) is 5.69 Å². The molecule has 2 heterocycles. The Bertz CT molecular complexity index is 1190.